The van der Waals surface area contributed by atoms with Gasteiger partial charge in [0.2, 0.25) is 0 Å². The van der Waals surface area contributed by atoms with Crippen LogP contribution in [-0.4, -0.2) is 21.9 Å². The SMILES string of the molecule is COc1ccc(-c2nn(-c3ccccc3)c3nc(C(F)(F)F)cc(-c4ccccc4)c23)cc1. The van der Waals surface area contributed by atoms with Gasteiger partial charge < -0.3 is 4.74 Å². The number of para-hydroxylation sites is 1. The van der Waals surface area contributed by atoms with Gasteiger partial charge in [0.1, 0.15) is 17.1 Å². The zero-order chi connectivity index (χ0) is 23.0. The molecule has 0 radical (unpaired) electrons. The smallest absolute Gasteiger partial charge is 0.433 e. The van der Waals surface area contributed by atoms with Gasteiger partial charge in [-0.05, 0) is 53.6 Å². The monoisotopic (exact) mass is 445 g/mol. The van der Waals surface area contributed by atoms with E-state index >= 15 is 0 Å². The fraction of sp³-hybridized carbons (Fsp3) is 0.0769. The summed E-state index contributed by atoms with van der Waals surface area (Å²) in [4.78, 5) is 4.04. The predicted octanol–water partition coefficient (Wildman–Crippen LogP) is 6.78. The lowest BCUT2D eigenvalue weighted by Gasteiger charge is -2.12. The summed E-state index contributed by atoms with van der Waals surface area (Å²) < 4.78 is 48.3. The molecule has 7 heteroatoms. The number of ether oxygens (including phenoxy) is 1. The number of hydrogen-bond acceptors (Lipinski definition) is 3. The summed E-state index contributed by atoms with van der Waals surface area (Å²) in [6, 6.07) is 26.4. The number of fused-ring (bicyclic) bond motifs is 1. The molecule has 0 unspecified atom stereocenters. The number of rotatable bonds is 4. The number of alkyl halides is 3. The van der Waals surface area contributed by atoms with Gasteiger partial charge in [-0.1, -0.05) is 48.5 Å². The Morgan fingerprint density at radius 3 is 2.03 bits per heavy atom. The molecule has 0 aliphatic heterocycles. The zero-order valence-electron chi connectivity index (χ0n) is 17.5. The van der Waals surface area contributed by atoms with Crippen molar-refractivity contribution in [2.75, 3.05) is 7.11 Å². The number of aromatic nitrogens is 3. The van der Waals surface area contributed by atoms with Crippen LogP contribution in [-0.2, 0) is 6.18 Å². The van der Waals surface area contributed by atoms with Gasteiger partial charge in [0.15, 0.2) is 5.65 Å². The van der Waals surface area contributed by atoms with Crippen molar-refractivity contribution in [3.8, 4) is 33.8 Å². The average molecular weight is 445 g/mol. The van der Waals surface area contributed by atoms with E-state index in [1.807, 2.05) is 36.4 Å². The minimum atomic E-state index is -4.61. The average Bonchev–Trinajstić information content (AvgIpc) is 3.24. The van der Waals surface area contributed by atoms with E-state index in [4.69, 9.17) is 9.84 Å². The normalized spacial score (nSPS) is 11.6. The number of nitrogens with zero attached hydrogens (tertiary/aromatic N) is 3. The Kier molecular flexibility index (Phi) is 5.09. The maximum Gasteiger partial charge on any atom is 0.433 e. The summed E-state index contributed by atoms with van der Waals surface area (Å²) >= 11 is 0. The second-order valence-electron chi connectivity index (χ2n) is 7.44. The Bertz CT molecular complexity index is 1410. The van der Waals surface area contributed by atoms with Gasteiger partial charge in [-0.25, -0.2) is 9.67 Å². The van der Waals surface area contributed by atoms with Crippen molar-refractivity contribution in [3.05, 3.63) is 96.7 Å². The van der Waals surface area contributed by atoms with E-state index in [-0.39, 0.29) is 5.65 Å². The van der Waals surface area contributed by atoms with E-state index < -0.39 is 11.9 Å². The van der Waals surface area contributed by atoms with Crippen molar-refractivity contribution in [2.24, 2.45) is 0 Å². The highest BCUT2D eigenvalue weighted by atomic mass is 19.4. The molecule has 3 aromatic carbocycles. The molecule has 2 aromatic heterocycles. The first kappa shape index (κ1) is 20.8. The van der Waals surface area contributed by atoms with Crippen LogP contribution in [0.2, 0.25) is 0 Å². The molecule has 5 aromatic rings. The number of halogens is 3. The minimum Gasteiger partial charge on any atom is -0.497 e. The molecule has 2 heterocycles. The highest BCUT2D eigenvalue weighted by molar-refractivity contribution is 6.03. The predicted molar refractivity (Wildman–Crippen MR) is 121 cm³/mol. The molecular formula is C26H18F3N3O. The summed E-state index contributed by atoms with van der Waals surface area (Å²) in [5.74, 6) is 0.673. The number of benzene rings is 3. The van der Waals surface area contributed by atoms with E-state index in [1.165, 1.54) is 4.68 Å². The highest BCUT2D eigenvalue weighted by Gasteiger charge is 2.35. The van der Waals surface area contributed by atoms with Crippen LogP contribution < -0.4 is 4.74 Å². The molecule has 164 valence electrons. The van der Waals surface area contributed by atoms with E-state index in [1.54, 1.807) is 55.6 Å². The summed E-state index contributed by atoms with van der Waals surface area (Å²) in [5, 5.41) is 5.29. The molecule has 0 N–H and O–H groups in total. The molecule has 4 nitrogen and oxygen atoms in total. The molecule has 5 rings (SSSR count). The first-order valence-corrected chi connectivity index (χ1v) is 10.2. The maximum absolute atomic E-state index is 13.9. The quantitative estimate of drug-likeness (QED) is 0.306. The third-order valence-corrected chi connectivity index (χ3v) is 5.38. The first-order valence-electron chi connectivity index (χ1n) is 10.2. The van der Waals surface area contributed by atoms with Gasteiger partial charge in [0, 0.05) is 5.56 Å². The summed E-state index contributed by atoms with van der Waals surface area (Å²) in [6.07, 6.45) is -4.61. The van der Waals surface area contributed by atoms with Gasteiger partial charge in [-0.2, -0.15) is 18.3 Å². The van der Waals surface area contributed by atoms with Crippen LogP contribution in [0.3, 0.4) is 0 Å². The lowest BCUT2D eigenvalue weighted by molar-refractivity contribution is -0.140. The summed E-state index contributed by atoms with van der Waals surface area (Å²) in [6.45, 7) is 0. The van der Waals surface area contributed by atoms with E-state index in [2.05, 4.69) is 4.98 Å². The molecule has 0 amide bonds. The van der Waals surface area contributed by atoms with E-state index in [0.29, 0.717) is 33.6 Å². The van der Waals surface area contributed by atoms with Crippen LogP contribution in [0.4, 0.5) is 13.2 Å². The Hall–Kier alpha value is -4.13. The standard InChI is InChI=1S/C26H18F3N3O/c1-33-20-14-12-18(13-15-20)24-23-21(17-8-4-2-5-9-17)16-22(26(27,28)29)30-25(23)32(31-24)19-10-6-3-7-11-19/h2-16H,1H3. The number of methoxy groups -OCH3 is 1. The largest absolute Gasteiger partial charge is 0.497 e. The van der Waals surface area contributed by atoms with Gasteiger partial charge in [-0.3, -0.25) is 0 Å². The van der Waals surface area contributed by atoms with Crippen molar-refractivity contribution in [1.82, 2.24) is 14.8 Å². The molecule has 0 aliphatic carbocycles. The lowest BCUT2D eigenvalue weighted by Crippen LogP contribution is -2.09. The number of pyridine rings is 1. The second-order valence-corrected chi connectivity index (χ2v) is 7.44. The van der Waals surface area contributed by atoms with Crippen molar-refractivity contribution < 1.29 is 17.9 Å². The lowest BCUT2D eigenvalue weighted by atomic mass is 9.98. The topological polar surface area (TPSA) is 39.9 Å². The van der Waals surface area contributed by atoms with Crippen LogP contribution in [0, 0.1) is 0 Å². The van der Waals surface area contributed by atoms with Crippen molar-refractivity contribution in [3.63, 3.8) is 0 Å². The van der Waals surface area contributed by atoms with Gasteiger partial charge in [-0.15, -0.1) is 0 Å². The van der Waals surface area contributed by atoms with Gasteiger partial charge >= 0.3 is 6.18 Å². The zero-order valence-corrected chi connectivity index (χ0v) is 17.5. The first-order chi connectivity index (χ1) is 16.0. The Balaban J connectivity index is 1.90. The molecule has 0 aliphatic rings. The third kappa shape index (κ3) is 3.82. The summed E-state index contributed by atoms with van der Waals surface area (Å²) in [7, 11) is 1.57. The van der Waals surface area contributed by atoms with E-state index in [0.717, 1.165) is 11.6 Å². The fourth-order valence-corrected chi connectivity index (χ4v) is 3.81. The minimum absolute atomic E-state index is 0.140. The molecular weight excluding hydrogens is 427 g/mol. The van der Waals surface area contributed by atoms with Crippen LogP contribution in [0.15, 0.2) is 91.0 Å². The highest BCUT2D eigenvalue weighted by Crippen LogP contribution is 2.40. The van der Waals surface area contributed by atoms with Crippen LogP contribution in [0.5, 0.6) is 5.75 Å². The molecule has 33 heavy (non-hydrogen) atoms. The second kappa shape index (κ2) is 8.09. The molecule has 0 spiro atoms. The molecule has 0 atom stereocenters. The fourth-order valence-electron chi connectivity index (χ4n) is 3.81. The summed E-state index contributed by atoms with van der Waals surface area (Å²) in [5.41, 5.74) is 2.14. The molecule has 0 bridgehead atoms. The van der Waals surface area contributed by atoms with E-state index in [9.17, 15) is 13.2 Å². The molecule has 0 saturated carbocycles. The van der Waals surface area contributed by atoms with Crippen molar-refractivity contribution in [2.45, 2.75) is 6.18 Å². The Labute approximate surface area is 187 Å². The van der Waals surface area contributed by atoms with Crippen molar-refractivity contribution >= 4 is 11.0 Å². The Morgan fingerprint density at radius 2 is 1.42 bits per heavy atom. The van der Waals surface area contributed by atoms with Crippen LogP contribution >= 0.6 is 0 Å². The number of hydrogen-bond donors (Lipinski definition) is 0. The van der Waals surface area contributed by atoms with Crippen LogP contribution in [0.25, 0.3) is 39.1 Å². The third-order valence-electron chi connectivity index (χ3n) is 5.38. The van der Waals surface area contributed by atoms with Gasteiger partial charge in [0.25, 0.3) is 0 Å². The molecule has 0 saturated heterocycles. The Morgan fingerprint density at radius 1 is 0.788 bits per heavy atom. The van der Waals surface area contributed by atoms with Crippen molar-refractivity contribution in [1.29, 1.82) is 0 Å². The maximum atomic E-state index is 13.9. The molecule has 0 fully saturated rings. The van der Waals surface area contributed by atoms with Gasteiger partial charge in [0.05, 0.1) is 18.2 Å². The van der Waals surface area contributed by atoms with Crippen LogP contribution in [0.1, 0.15) is 5.69 Å².